The van der Waals surface area contributed by atoms with Crippen molar-refractivity contribution in [3.63, 3.8) is 0 Å². The molecule has 0 aliphatic rings. The molecule has 0 bridgehead atoms. The molecule has 0 aliphatic carbocycles. The third-order valence-corrected chi connectivity index (χ3v) is 3.74. The van der Waals surface area contributed by atoms with Crippen LogP contribution in [0, 0.1) is 0 Å². The van der Waals surface area contributed by atoms with E-state index in [1.165, 1.54) is 11.8 Å². The van der Waals surface area contributed by atoms with E-state index in [0.717, 1.165) is 0 Å². The molecule has 0 heterocycles. The van der Waals surface area contributed by atoms with E-state index in [1.54, 1.807) is 23.1 Å². The monoisotopic (exact) mass is 316 g/mol. The Balaban J connectivity index is 2.97. The quantitative estimate of drug-likeness (QED) is 0.837. The van der Waals surface area contributed by atoms with Crippen molar-refractivity contribution in [2.75, 3.05) is 24.5 Å². The summed E-state index contributed by atoms with van der Waals surface area (Å²) >= 11 is 11.8. The van der Waals surface area contributed by atoms with E-state index in [9.17, 15) is 9.59 Å². The summed E-state index contributed by atoms with van der Waals surface area (Å²) in [6.07, 6.45) is 0. The molecule has 0 saturated heterocycles. The Hall–Kier alpha value is -1.26. The zero-order valence-corrected chi connectivity index (χ0v) is 13.3. The van der Waals surface area contributed by atoms with E-state index >= 15 is 0 Å². The van der Waals surface area contributed by atoms with Gasteiger partial charge in [-0.15, -0.1) is 0 Å². The molecule has 0 spiro atoms. The van der Waals surface area contributed by atoms with Crippen LogP contribution in [0.15, 0.2) is 18.2 Å². The maximum absolute atomic E-state index is 12.1. The molecule has 0 saturated carbocycles. The Bertz CT molecular complexity index is 502. The van der Waals surface area contributed by atoms with Crippen LogP contribution >= 0.6 is 23.2 Å². The molecule has 0 aliphatic heterocycles. The van der Waals surface area contributed by atoms with E-state index in [0.29, 0.717) is 28.8 Å². The summed E-state index contributed by atoms with van der Waals surface area (Å²) in [6, 6.07) is 4.86. The number of anilines is 1. The lowest BCUT2D eigenvalue weighted by atomic mass is 10.2. The van der Waals surface area contributed by atoms with Gasteiger partial charge in [0.2, 0.25) is 11.8 Å². The SMILES string of the molecule is CCN(CC)C(=O)CN(C(C)=O)c1ccc(Cl)c(Cl)c1. The van der Waals surface area contributed by atoms with E-state index in [-0.39, 0.29) is 18.4 Å². The summed E-state index contributed by atoms with van der Waals surface area (Å²) in [4.78, 5) is 26.9. The van der Waals surface area contributed by atoms with Crippen molar-refractivity contribution < 1.29 is 9.59 Å². The fourth-order valence-electron chi connectivity index (χ4n) is 1.85. The van der Waals surface area contributed by atoms with Crippen molar-refractivity contribution in [2.24, 2.45) is 0 Å². The molecule has 2 amide bonds. The van der Waals surface area contributed by atoms with Crippen LogP contribution in [0.2, 0.25) is 10.0 Å². The smallest absolute Gasteiger partial charge is 0.242 e. The minimum absolute atomic E-state index is 0.00499. The van der Waals surface area contributed by atoms with Crippen LogP contribution < -0.4 is 4.90 Å². The Morgan fingerprint density at radius 1 is 1.10 bits per heavy atom. The first kappa shape index (κ1) is 16.8. The molecular weight excluding hydrogens is 299 g/mol. The Labute approximate surface area is 129 Å². The zero-order chi connectivity index (χ0) is 15.3. The first-order chi connectivity index (χ1) is 9.40. The number of rotatable bonds is 5. The van der Waals surface area contributed by atoms with Gasteiger partial charge in [0.1, 0.15) is 6.54 Å². The second kappa shape index (κ2) is 7.50. The van der Waals surface area contributed by atoms with Gasteiger partial charge in [-0.05, 0) is 32.0 Å². The Morgan fingerprint density at radius 3 is 2.15 bits per heavy atom. The number of hydrogen-bond acceptors (Lipinski definition) is 2. The second-order valence-electron chi connectivity index (χ2n) is 4.27. The van der Waals surface area contributed by atoms with Gasteiger partial charge in [0.05, 0.1) is 10.0 Å². The molecule has 0 fully saturated rings. The third-order valence-electron chi connectivity index (χ3n) is 3.00. The highest BCUT2D eigenvalue weighted by Gasteiger charge is 2.19. The number of benzene rings is 1. The van der Waals surface area contributed by atoms with Crippen molar-refractivity contribution in [1.29, 1.82) is 0 Å². The topological polar surface area (TPSA) is 40.6 Å². The summed E-state index contributed by atoms with van der Waals surface area (Å²) in [5, 5.41) is 0.764. The molecule has 1 rings (SSSR count). The summed E-state index contributed by atoms with van der Waals surface area (Å²) in [5.41, 5.74) is 0.562. The van der Waals surface area contributed by atoms with Gasteiger partial charge in [0.25, 0.3) is 0 Å². The molecule has 1 aromatic carbocycles. The largest absolute Gasteiger partial charge is 0.342 e. The van der Waals surface area contributed by atoms with Crippen LogP contribution in [0.3, 0.4) is 0 Å². The highest BCUT2D eigenvalue weighted by atomic mass is 35.5. The first-order valence-electron chi connectivity index (χ1n) is 6.41. The van der Waals surface area contributed by atoms with E-state index in [1.807, 2.05) is 13.8 Å². The molecular formula is C14H18Cl2N2O2. The number of carbonyl (C=O) groups is 2. The minimum Gasteiger partial charge on any atom is -0.342 e. The number of nitrogens with zero attached hydrogens (tertiary/aromatic N) is 2. The first-order valence-corrected chi connectivity index (χ1v) is 7.17. The molecule has 110 valence electrons. The standard InChI is InChI=1S/C14H18Cl2N2O2/c1-4-17(5-2)14(20)9-18(10(3)19)11-6-7-12(15)13(16)8-11/h6-8H,4-5,9H2,1-3H3. The van der Waals surface area contributed by atoms with Crippen LogP contribution in [0.5, 0.6) is 0 Å². The molecule has 20 heavy (non-hydrogen) atoms. The molecule has 6 heteroatoms. The molecule has 0 atom stereocenters. The summed E-state index contributed by atoms with van der Waals surface area (Å²) in [6.45, 7) is 6.44. The molecule has 0 radical (unpaired) electrons. The van der Waals surface area contributed by atoms with E-state index < -0.39 is 0 Å². The predicted octanol–water partition coefficient (Wildman–Crippen LogP) is 3.21. The van der Waals surface area contributed by atoms with Crippen molar-refractivity contribution >= 4 is 40.7 Å². The highest BCUT2D eigenvalue weighted by Crippen LogP contribution is 2.27. The minimum atomic E-state index is -0.219. The van der Waals surface area contributed by atoms with Gasteiger partial charge in [0.15, 0.2) is 0 Å². The highest BCUT2D eigenvalue weighted by molar-refractivity contribution is 6.42. The summed E-state index contributed by atoms with van der Waals surface area (Å²) in [7, 11) is 0. The van der Waals surface area contributed by atoms with Crippen molar-refractivity contribution in [3.05, 3.63) is 28.2 Å². The van der Waals surface area contributed by atoms with Crippen molar-refractivity contribution in [1.82, 2.24) is 4.90 Å². The molecule has 1 aromatic rings. The second-order valence-corrected chi connectivity index (χ2v) is 5.08. The fraction of sp³-hybridized carbons (Fsp3) is 0.429. The lowest BCUT2D eigenvalue weighted by Crippen LogP contribution is -2.42. The predicted molar refractivity (Wildman–Crippen MR) is 82.4 cm³/mol. The Morgan fingerprint density at radius 2 is 1.70 bits per heavy atom. The number of hydrogen-bond donors (Lipinski definition) is 0. The molecule has 0 unspecified atom stereocenters. The van der Waals surface area contributed by atoms with Crippen LogP contribution in [0.25, 0.3) is 0 Å². The lowest BCUT2D eigenvalue weighted by molar-refractivity contribution is -0.130. The number of halogens is 2. The zero-order valence-electron chi connectivity index (χ0n) is 11.8. The average molecular weight is 317 g/mol. The molecule has 0 aromatic heterocycles. The van der Waals surface area contributed by atoms with E-state index in [2.05, 4.69) is 0 Å². The number of amides is 2. The van der Waals surface area contributed by atoms with Gasteiger partial charge in [0, 0.05) is 25.7 Å². The summed E-state index contributed by atoms with van der Waals surface area (Å²) < 4.78 is 0. The molecule has 0 N–H and O–H groups in total. The fourth-order valence-corrected chi connectivity index (χ4v) is 2.14. The van der Waals surface area contributed by atoms with Gasteiger partial charge in [-0.1, -0.05) is 23.2 Å². The lowest BCUT2D eigenvalue weighted by Gasteiger charge is -2.25. The van der Waals surface area contributed by atoms with Crippen molar-refractivity contribution in [3.8, 4) is 0 Å². The number of carbonyl (C=O) groups excluding carboxylic acids is 2. The van der Waals surface area contributed by atoms with Gasteiger partial charge in [-0.25, -0.2) is 0 Å². The van der Waals surface area contributed by atoms with E-state index in [4.69, 9.17) is 23.2 Å². The maximum atomic E-state index is 12.1. The molecule has 4 nitrogen and oxygen atoms in total. The van der Waals surface area contributed by atoms with Crippen molar-refractivity contribution in [2.45, 2.75) is 20.8 Å². The maximum Gasteiger partial charge on any atom is 0.242 e. The average Bonchev–Trinajstić information content (AvgIpc) is 2.40. The summed E-state index contributed by atoms with van der Waals surface area (Å²) in [5.74, 6) is -0.319. The Kier molecular flexibility index (Phi) is 6.30. The van der Waals surface area contributed by atoms with Gasteiger partial charge in [-0.3, -0.25) is 9.59 Å². The van der Waals surface area contributed by atoms with Crippen LogP contribution in [-0.2, 0) is 9.59 Å². The van der Waals surface area contributed by atoms with Crippen LogP contribution in [0.4, 0.5) is 5.69 Å². The van der Waals surface area contributed by atoms with Gasteiger partial charge >= 0.3 is 0 Å². The third kappa shape index (κ3) is 4.12. The van der Waals surface area contributed by atoms with Crippen LogP contribution in [-0.4, -0.2) is 36.3 Å². The van der Waals surface area contributed by atoms with Gasteiger partial charge in [-0.2, -0.15) is 0 Å². The number of likely N-dealkylation sites (N-methyl/N-ethyl adjacent to an activating group) is 1. The van der Waals surface area contributed by atoms with Gasteiger partial charge < -0.3 is 9.80 Å². The normalized spacial score (nSPS) is 10.2. The van der Waals surface area contributed by atoms with Crippen LogP contribution in [0.1, 0.15) is 20.8 Å².